The molecule has 0 bridgehead atoms. The van der Waals surface area contributed by atoms with E-state index in [0.29, 0.717) is 146 Å². The average Bonchev–Trinajstić information content (AvgIpc) is 1.61. The fourth-order valence-electron chi connectivity index (χ4n) is 15.1. The number of nitrogens with two attached hydrogens (primary N) is 1. The predicted octanol–water partition coefficient (Wildman–Crippen LogP) is 7.36. The molecule has 5 amide bonds. The van der Waals surface area contributed by atoms with Gasteiger partial charge in [0.2, 0.25) is 23.6 Å². The quantitative estimate of drug-likeness (QED) is 0.0449. The number of aryl methyl sites for hydroxylation is 4. The Balaban J connectivity index is 0.000000140. The van der Waals surface area contributed by atoms with Crippen molar-refractivity contribution in [2.75, 3.05) is 60.5 Å². The molecule has 680 valence electrons. The number of amides is 5. The van der Waals surface area contributed by atoms with Crippen molar-refractivity contribution >= 4 is 154 Å². The van der Waals surface area contributed by atoms with Gasteiger partial charge in [-0.1, -0.05) is 11.6 Å². The second kappa shape index (κ2) is 40.6. The van der Waals surface area contributed by atoms with Crippen LogP contribution in [0.4, 0.5) is 46.3 Å². The monoisotopic (exact) mass is 1970 g/mol. The van der Waals surface area contributed by atoms with E-state index in [9.17, 15) is 63.4 Å². The average molecular weight is 1980 g/mol. The van der Waals surface area contributed by atoms with Gasteiger partial charge in [-0.3, -0.25) is 62.1 Å². The van der Waals surface area contributed by atoms with Crippen LogP contribution in [0.5, 0.6) is 0 Å². The number of aromatic nitrogens is 15. The molecule has 42 nitrogen and oxygen atoms in total. The number of nitrogens with zero attached hydrogens (tertiary/aromatic N) is 22. The van der Waals surface area contributed by atoms with Gasteiger partial charge in [0.05, 0.1) is 136 Å². The van der Waals surface area contributed by atoms with Gasteiger partial charge in [0.15, 0.2) is 11.6 Å². The molecule has 0 radical (unpaired) electrons. The molecule has 17 heterocycles. The lowest BCUT2D eigenvalue weighted by Crippen LogP contribution is -2.41. The Morgan fingerprint density at radius 1 is 0.570 bits per heavy atom. The number of anilines is 6. The second-order valence-corrected chi connectivity index (χ2v) is 35.3. The number of carbonyl (C=O) groups excluding carboxylic acids is 6. The summed E-state index contributed by atoms with van der Waals surface area (Å²) in [6.45, 7) is 26.2. The number of carbonyl (C=O) groups is 6. The van der Waals surface area contributed by atoms with Crippen molar-refractivity contribution in [3.05, 3.63) is 206 Å². The number of halogens is 4. The van der Waals surface area contributed by atoms with E-state index < -0.39 is 34.1 Å². The minimum absolute atomic E-state index is 0.00136. The SMILES string of the molecule is CC(=O)N1CCn2nc(N)cc2C1.CC(=O)N1CCn2nc(Nc3cc(B4OC(C)(C)C(C)(C)O4)cn(C)c3=O)cc2C1.CC(=O)N1CCn2nc(Nc3cc(Br)cn(C)c3=O)cc2C1.CC(=O)N1CCn2nc([N+](=O)[O-])cc2C1.CC(=O)OCc1c(Cl)ccnc1N1CCn2c(cc3c2CCCC3)C1=O.Cn1cc(Br)cc(Br)c1=O.O=[N+]([O-])c1cc2n(n1)CCNC2. The first-order valence-corrected chi connectivity index (χ1v) is 43.7. The Labute approximate surface area is 764 Å². The molecule has 0 saturated carbocycles. The largest absolute Gasteiger partial charge is 0.496 e. The fraction of sp³-hybridized carbons (Fsp3) is 0.444. The number of ether oxygens (including phenoxy) is 1. The lowest BCUT2D eigenvalue weighted by molar-refractivity contribution is -0.390. The summed E-state index contributed by atoms with van der Waals surface area (Å²) in [6, 6.07) is 17.3. The summed E-state index contributed by atoms with van der Waals surface area (Å²) >= 11 is 16.1. The molecule has 10 aromatic rings. The summed E-state index contributed by atoms with van der Waals surface area (Å²) in [6.07, 6.45) is 11.2. The molecule has 1 fully saturated rings. The van der Waals surface area contributed by atoms with Gasteiger partial charge in [-0.05, 0) is 147 Å². The Morgan fingerprint density at radius 2 is 1.03 bits per heavy atom. The van der Waals surface area contributed by atoms with Gasteiger partial charge in [0.1, 0.15) is 35.3 Å². The first-order chi connectivity index (χ1) is 60.6. The maximum absolute atomic E-state index is 13.2. The van der Waals surface area contributed by atoms with Crippen molar-refractivity contribution in [3.8, 4) is 0 Å². The van der Waals surface area contributed by atoms with Crippen LogP contribution in [-0.2, 0) is 151 Å². The minimum Gasteiger partial charge on any atom is -0.461 e. The van der Waals surface area contributed by atoms with Crippen molar-refractivity contribution in [1.82, 2.24) is 97.1 Å². The molecular formula is C81H99BBr3ClN26O16. The van der Waals surface area contributed by atoms with Crippen LogP contribution in [-0.4, -0.2) is 195 Å². The number of fused-ring (bicyclic) bond motifs is 8. The van der Waals surface area contributed by atoms with Crippen LogP contribution in [0.1, 0.15) is 131 Å². The van der Waals surface area contributed by atoms with Crippen molar-refractivity contribution < 1.29 is 52.7 Å². The van der Waals surface area contributed by atoms with Gasteiger partial charge < -0.3 is 93.8 Å². The molecule has 1 saturated heterocycles. The number of nitro groups is 2. The van der Waals surface area contributed by atoms with Crippen LogP contribution in [0.2, 0.25) is 5.02 Å². The Morgan fingerprint density at radius 3 is 1.54 bits per heavy atom. The van der Waals surface area contributed by atoms with Crippen LogP contribution in [0.3, 0.4) is 0 Å². The van der Waals surface area contributed by atoms with Crippen molar-refractivity contribution in [1.29, 1.82) is 0 Å². The zero-order valence-electron chi connectivity index (χ0n) is 72.7. The summed E-state index contributed by atoms with van der Waals surface area (Å²) in [7, 11) is 4.53. The molecule has 0 spiro atoms. The van der Waals surface area contributed by atoms with E-state index in [2.05, 4.69) is 98.8 Å². The Kier molecular flexibility index (Phi) is 30.1. The van der Waals surface area contributed by atoms with Crippen molar-refractivity contribution in [2.24, 2.45) is 21.1 Å². The Bertz CT molecular complexity index is 6040. The number of hydrogen-bond donors (Lipinski definition) is 4. The third-order valence-corrected chi connectivity index (χ3v) is 24.4. The maximum atomic E-state index is 13.2. The van der Waals surface area contributed by atoms with E-state index in [-0.39, 0.29) is 64.5 Å². The van der Waals surface area contributed by atoms with Crippen LogP contribution in [0, 0.1) is 20.2 Å². The van der Waals surface area contributed by atoms with Gasteiger partial charge in [-0.25, -0.2) is 4.98 Å². The van der Waals surface area contributed by atoms with Gasteiger partial charge in [0, 0.05) is 171 Å². The molecule has 0 atom stereocenters. The van der Waals surface area contributed by atoms with Crippen LogP contribution >= 0.6 is 59.4 Å². The highest BCUT2D eigenvalue weighted by Crippen LogP contribution is 2.38. The van der Waals surface area contributed by atoms with Gasteiger partial charge in [-0.15, -0.1) is 0 Å². The normalized spacial score (nSPS) is 15.9. The van der Waals surface area contributed by atoms with Gasteiger partial charge in [-0.2, -0.15) is 24.7 Å². The highest BCUT2D eigenvalue weighted by atomic mass is 79.9. The molecule has 0 unspecified atom stereocenters. The number of pyridine rings is 4. The number of hydrogen-bond acceptors (Lipinski definition) is 26. The fourth-order valence-corrected chi connectivity index (χ4v) is 17.2. The summed E-state index contributed by atoms with van der Waals surface area (Å²) in [5.41, 5.74) is 14.2. The van der Waals surface area contributed by atoms with Crippen LogP contribution in [0.15, 0.2) is 113 Å². The highest BCUT2D eigenvalue weighted by molar-refractivity contribution is 9.11. The van der Waals surface area contributed by atoms with E-state index in [4.69, 9.17) is 31.4 Å². The first kappa shape index (κ1) is 95.1. The third kappa shape index (κ3) is 22.8. The molecule has 5 N–H and O–H groups in total. The lowest BCUT2D eigenvalue weighted by Gasteiger charge is -2.32. The number of esters is 1. The molecule has 0 aromatic carbocycles. The molecule has 10 aromatic heterocycles. The number of nitrogen functional groups attached to an aromatic ring is 1. The van der Waals surface area contributed by atoms with Crippen LogP contribution in [0.25, 0.3) is 0 Å². The summed E-state index contributed by atoms with van der Waals surface area (Å²) < 4.78 is 35.2. The second-order valence-electron chi connectivity index (χ2n) is 32.2. The number of rotatable bonds is 10. The molecule has 18 rings (SSSR count). The zero-order valence-corrected chi connectivity index (χ0v) is 78.2. The molecular weight excluding hydrogens is 1880 g/mol. The standard InChI is InChI=1S/C20H28BN5O4.C19H20ClN3O3.C14H16BrN5O2.C8H10N4O3.C8H12N4O.C6H5Br2NO.C6H8N4O2/c1-13(27)25-7-8-26-15(12-25)10-17(23-26)22-16-9-14(11-24(6)18(16)28)21-29-19(2,3)20(4,5)30-21;1-12(24)26-11-14-15(20)6-7-21-18(14)23-9-8-22-16-5-3-2-4-13(16)10-17(22)19(23)25;1-9(21)19-3-4-20-11(8-19)6-13(17-20)16-12-5-10(15)7-18(2)14(12)22;1-6(13)10-2-3-11-7(5-10)4-8(9-11)12(14)15;1-6(13)11-2-3-12-7(5-11)4-8(9)10-12;1-9-3-4(7)2-5(8)6(9)10;11-10(12)6-3-5-4-7-1-2-9(5)8-6/h9-11H,7-8,12H2,1-6H3,(H,22,23);6-7,10H,2-5,8-9,11H2,1H3;5-7H,3-4,8H2,1-2H3,(H,16,17);4H,2-3,5H2,1H3;4H,2-3,5H2,1H3,(H2,9,10);2-3H,1H3;3,7H,1-2,4H2. The first-order valence-electron chi connectivity index (χ1n) is 41.0. The summed E-state index contributed by atoms with van der Waals surface area (Å²) in [4.78, 5) is 138. The van der Waals surface area contributed by atoms with E-state index >= 15 is 0 Å². The van der Waals surface area contributed by atoms with E-state index in [1.165, 1.54) is 63.8 Å². The van der Waals surface area contributed by atoms with Crippen LogP contribution < -0.4 is 48.7 Å². The number of nitrogens with one attached hydrogen (secondary N) is 3. The van der Waals surface area contributed by atoms with E-state index in [0.717, 1.165) is 76.2 Å². The van der Waals surface area contributed by atoms with Crippen molar-refractivity contribution in [3.63, 3.8) is 0 Å². The highest BCUT2D eigenvalue weighted by Gasteiger charge is 2.52. The zero-order chi connectivity index (χ0) is 92.7. The molecule has 7 aliphatic heterocycles. The van der Waals surface area contributed by atoms with Gasteiger partial charge in [0.25, 0.3) is 22.6 Å². The maximum Gasteiger partial charge on any atom is 0.496 e. The molecule has 1 aliphatic carbocycles. The summed E-state index contributed by atoms with van der Waals surface area (Å²) in [5, 5.41) is 51.3. The third-order valence-electron chi connectivity index (χ3n) is 22.6. The predicted molar refractivity (Wildman–Crippen MR) is 483 cm³/mol. The minimum atomic E-state index is -0.568. The molecule has 47 heteroatoms. The summed E-state index contributed by atoms with van der Waals surface area (Å²) in [5.74, 6) is 1.65. The Hall–Kier alpha value is -12.0. The molecule has 8 aliphatic rings. The van der Waals surface area contributed by atoms with Crippen molar-refractivity contribution in [2.45, 2.75) is 178 Å². The van der Waals surface area contributed by atoms with E-state index in [1.54, 1.807) is 125 Å². The molecule has 128 heavy (non-hydrogen) atoms. The smallest absolute Gasteiger partial charge is 0.461 e. The lowest BCUT2D eigenvalue weighted by atomic mass is 9.80. The topological polar surface area (TPSA) is 468 Å². The van der Waals surface area contributed by atoms with E-state index in [1.807, 2.05) is 66.0 Å². The van der Waals surface area contributed by atoms with Gasteiger partial charge >= 0.3 is 24.7 Å².